The molecule has 5 heteroatoms. The first kappa shape index (κ1) is 16.6. The first-order valence-electron chi connectivity index (χ1n) is 7.88. The average Bonchev–Trinajstić information content (AvgIpc) is 2.47. The minimum absolute atomic E-state index is 0.111. The van der Waals surface area contributed by atoms with Crippen molar-refractivity contribution in [3.8, 4) is 0 Å². The van der Waals surface area contributed by atoms with Crippen LogP contribution in [0.25, 0.3) is 5.57 Å². The minimum Gasteiger partial charge on any atom is -0.376 e. The van der Waals surface area contributed by atoms with Crippen LogP contribution >= 0.6 is 0 Å². The zero-order valence-electron chi connectivity index (χ0n) is 14.3. The highest BCUT2D eigenvalue weighted by molar-refractivity contribution is 7.92. The molecule has 1 aliphatic heterocycles. The molecule has 24 heavy (non-hydrogen) atoms. The summed E-state index contributed by atoms with van der Waals surface area (Å²) in [4.78, 5) is 0.270. The fourth-order valence-corrected chi connectivity index (χ4v) is 4.20. The quantitative estimate of drug-likeness (QED) is 0.869. The molecule has 0 bridgehead atoms. The number of rotatable bonds is 3. The van der Waals surface area contributed by atoms with Gasteiger partial charge in [-0.15, -0.1) is 0 Å². The summed E-state index contributed by atoms with van der Waals surface area (Å²) in [6.45, 7) is 8.13. The minimum atomic E-state index is -3.59. The van der Waals surface area contributed by atoms with Crippen LogP contribution in [-0.4, -0.2) is 14.0 Å². The summed E-state index contributed by atoms with van der Waals surface area (Å²) in [5.41, 5.74) is 4.51. The van der Waals surface area contributed by atoms with Crippen LogP contribution < -0.4 is 10.0 Å². The Morgan fingerprint density at radius 2 is 1.79 bits per heavy atom. The van der Waals surface area contributed by atoms with Gasteiger partial charge in [0.15, 0.2) is 0 Å². The average molecular weight is 342 g/mol. The third-order valence-electron chi connectivity index (χ3n) is 4.03. The van der Waals surface area contributed by atoms with Crippen molar-refractivity contribution in [3.63, 3.8) is 0 Å². The molecule has 2 N–H and O–H groups in total. The van der Waals surface area contributed by atoms with Crippen LogP contribution in [0.5, 0.6) is 0 Å². The summed E-state index contributed by atoms with van der Waals surface area (Å²) in [5, 5.41) is 3.44. The van der Waals surface area contributed by atoms with Crippen LogP contribution in [0.4, 0.5) is 11.4 Å². The molecule has 1 aliphatic rings. The van der Waals surface area contributed by atoms with Crippen molar-refractivity contribution in [2.75, 3.05) is 10.0 Å². The van der Waals surface area contributed by atoms with Crippen molar-refractivity contribution < 1.29 is 8.42 Å². The first-order valence-corrected chi connectivity index (χ1v) is 9.36. The van der Waals surface area contributed by atoms with Crippen LogP contribution in [0.1, 0.15) is 31.9 Å². The fraction of sp³-hybridized carbons (Fsp3) is 0.263. The van der Waals surface area contributed by atoms with Crippen molar-refractivity contribution in [1.82, 2.24) is 0 Å². The smallest absolute Gasteiger partial charge is 0.261 e. The van der Waals surface area contributed by atoms with Gasteiger partial charge in [-0.1, -0.05) is 18.2 Å². The normalized spacial score (nSPS) is 15.9. The third-order valence-corrected chi connectivity index (χ3v) is 5.41. The maximum atomic E-state index is 12.6. The van der Waals surface area contributed by atoms with E-state index in [0.717, 1.165) is 22.4 Å². The number of anilines is 2. The summed E-state index contributed by atoms with van der Waals surface area (Å²) < 4.78 is 27.8. The van der Waals surface area contributed by atoms with Gasteiger partial charge in [-0.3, -0.25) is 4.72 Å². The molecular weight excluding hydrogens is 320 g/mol. The molecule has 0 radical (unpaired) electrons. The molecule has 0 unspecified atom stereocenters. The van der Waals surface area contributed by atoms with Crippen molar-refractivity contribution in [2.45, 2.75) is 38.1 Å². The van der Waals surface area contributed by atoms with Gasteiger partial charge >= 0.3 is 0 Å². The molecule has 0 aliphatic carbocycles. The van der Waals surface area contributed by atoms with Gasteiger partial charge in [0.2, 0.25) is 0 Å². The summed E-state index contributed by atoms with van der Waals surface area (Å²) >= 11 is 0. The molecule has 3 rings (SSSR count). The van der Waals surface area contributed by atoms with E-state index in [9.17, 15) is 8.42 Å². The molecule has 0 aromatic heterocycles. The van der Waals surface area contributed by atoms with Crippen molar-refractivity contribution in [1.29, 1.82) is 0 Å². The first-order chi connectivity index (χ1) is 11.2. The Bertz CT molecular complexity index is 928. The van der Waals surface area contributed by atoms with E-state index in [-0.39, 0.29) is 10.4 Å². The molecular formula is C19H22N2O2S. The standard InChI is InChI=1S/C19H22N2O2S/c1-13-6-5-7-16(10-13)24(22,23)21-15-8-9-18-17(11-15)14(2)12-19(3,4)20-18/h5-12,20-21H,1-4H3. The fourth-order valence-electron chi connectivity index (χ4n) is 3.04. The lowest BCUT2D eigenvalue weighted by Crippen LogP contribution is -2.31. The molecule has 2 aromatic rings. The molecule has 0 saturated carbocycles. The van der Waals surface area contributed by atoms with Gasteiger partial charge in [-0.25, -0.2) is 8.42 Å². The number of hydrogen-bond donors (Lipinski definition) is 2. The van der Waals surface area contributed by atoms with E-state index < -0.39 is 10.0 Å². The number of allylic oxidation sites excluding steroid dienone is 1. The molecule has 0 atom stereocenters. The van der Waals surface area contributed by atoms with Gasteiger partial charge < -0.3 is 5.32 Å². The Labute approximate surface area is 143 Å². The van der Waals surface area contributed by atoms with E-state index >= 15 is 0 Å². The van der Waals surface area contributed by atoms with E-state index in [0.29, 0.717) is 5.69 Å². The van der Waals surface area contributed by atoms with Gasteiger partial charge in [-0.2, -0.15) is 0 Å². The molecule has 0 fully saturated rings. The van der Waals surface area contributed by atoms with Crippen LogP contribution in [0.2, 0.25) is 0 Å². The van der Waals surface area contributed by atoms with Gasteiger partial charge in [0.25, 0.3) is 10.0 Å². The number of sulfonamides is 1. The second-order valence-corrected chi connectivity index (χ2v) is 8.54. The van der Waals surface area contributed by atoms with Crippen molar-refractivity contribution >= 4 is 27.0 Å². The zero-order valence-corrected chi connectivity index (χ0v) is 15.2. The lowest BCUT2D eigenvalue weighted by Gasteiger charge is -2.31. The summed E-state index contributed by atoms with van der Waals surface area (Å²) in [6.07, 6.45) is 2.15. The van der Waals surface area contributed by atoms with Gasteiger partial charge in [0, 0.05) is 16.9 Å². The number of aryl methyl sites for hydroxylation is 1. The molecule has 126 valence electrons. The lowest BCUT2D eigenvalue weighted by molar-refractivity contribution is 0.601. The van der Waals surface area contributed by atoms with Gasteiger partial charge in [-0.05, 0) is 69.2 Å². The van der Waals surface area contributed by atoms with E-state index in [1.165, 1.54) is 0 Å². The highest BCUT2D eigenvalue weighted by atomic mass is 32.2. The molecule has 0 spiro atoms. The Balaban J connectivity index is 1.94. The van der Waals surface area contributed by atoms with Crippen LogP contribution in [0, 0.1) is 6.92 Å². The van der Waals surface area contributed by atoms with E-state index in [1.807, 2.05) is 32.0 Å². The predicted molar refractivity (Wildman–Crippen MR) is 99.8 cm³/mol. The van der Waals surface area contributed by atoms with E-state index in [1.54, 1.807) is 24.3 Å². The summed E-state index contributed by atoms with van der Waals surface area (Å²) in [7, 11) is -3.59. The van der Waals surface area contributed by atoms with Crippen LogP contribution in [0.3, 0.4) is 0 Å². The highest BCUT2D eigenvalue weighted by Gasteiger charge is 2.23. The van der Waals surface area contributed by atoms with Crippen LogP contribution in [0.15, 0.2) is 53.4 Å². The molecule has 0 amide bonds. The van der Waals surface area contributed by atoms with Crippen molar-refractivity contribution in [3.05, 3.63) is 59.7 Å². The number of nitrogens with one attached hydrogen (secondary N) is 2. The Morgan fingerprint density at radius 1 is 1.04 bits per heavy atom. The highest BCUT2D eigenvalue weighted by Crippen LogP contribution is 2.35. The van der Waals surface area contributed by atoms with Crippen molar-refractivity contribution in [2.24, 2.45) is 0 Å². The van der Waals surface area contributed by atoms with E-state index in [2.05, 4.69) is 30.0 Å². The Morgan fingerprint density at radius 3 is 2.50 bits per heavy atom. The monoisotopic (exact) mass is 342 g/mol. The summed E-state index contributed by atoms with van der Waals surface area (Å²) in [6, 6.07) is 12.5. The SMILES string of the molecule is CC1=CC(C)(C)Nc2ccc(NS(=O)(=O)c3cccc(C)c3)cc21. The Kier molecular flexibility index (Phi) is 3.92. The summed E-state index contributed by atoms with van der Waals surface area (Å²) in [5.74, 6) is 0. The molecule has 4 nitrogen and oxygen atoms in total. The maximum Gasteiger partial charge on any atom is 0.261 e. The lowest BCUT2D eigenvalue weighted by atomic mass is 9.91. The topological polar surface area (TPSA) is 58.2 Å². The Hall–Kier alpha value is -2.27. The predicted octanol–water partition coefficient (Wildman–Crippen LogP) is 4.40. The number of benzene rings is 2. The number of fused-ring (bicyclic) bond motifs is 1. The van der Waals surface area contributed by atoms with Crippen LogP contribution in [-0.2, 0) is 10.0 Å². The maximum absolute atomic E-state index is 12.6. The molecule has 2 aromatic carbocycles. The molecule has 1 heterocycles. The zero-order chi connectivity index (χ0) is 17.5. The van der Waals surface area contributed by atoms with Gasteiger partial charge in [0.05, 0.1) is 10.4 Å². The second kappa shape index (κ2) is 5.67. The third kappa shape index (κ3) is 3.31. The largest absolute Gasteiger partial charge is 0.376 e. The van der Waals surface area contributed by atoms with Gasteiger partial charge in [0.1, 0.15) is 0 Å². The second-order valence-electron chi connectivity index (χ2n) is 6.86. The molecule has 0 saturated heterocycles. The van der Waals surface area contributed by atoms with E-state index in [4.69, 9.17) is 0 Å². The number of hydrogen-bond acceptors (Lipinski definition) is 3.